The van der Waals surface area contributed by atoms with E-state index in [9.17, 15) is 10.2 Å². The highest BCUT2D eigenvalue weighted by Gasteiger charge is 2.62. The van der Waals surface area contributed by atoms with Crippen molar-refractivity contribution >= 4 is 0 Å². The Balaban J connectivity index is 1.54. The van der Waals surface area contributed by atoms with Crippen molar-refractivity contribution in [3.8, 4) is 0 Å². The Kier molecular flexibility index (Phi) is 6.01. The van der Waals surface area contributed by atoms with E-state index in [4.69, 9.17) is 0 Å². The summed E-state index contributed by atoms with van der Waals surface area (Å²) in [5.41, 5.74) is 1.82. The fourth-order valence-electron chi connectivity index (χ4n) is 8.62. The summed E-state index contributed by atoms with van der Waals surface area (Å²) in [5.74, 6) is 4.23. The van der Waals surface area contributed by atoms with Gasteiger partial charge in [-0.2, -0.15) is 0 Å². The zero-order chi connectivity index (χ0) is 21.0. The molecule has 2 N–H and O–H groups in total. The topological polar surface area (TPSA) is 40.5 Å². The first kappa shape index (κ1) is 21.9. The Morgan fingerprint density at radius 2 is 1.79 bits per heavy atom. The van der Waals surface area contributed by atoms with Gasteiger partial charge in [-0.1, -0.05) is 65.5 Å². The number of aliphatic hydroxyl groups excluding tert-OH is 2. The molecule has 0 aliphatic heterocycles. The van der Waals surface area contributed by atoms with Crippen LogP contribution in [0.2, 0.25) is 0 Å². The molecule has 4 aliphatic rings. The minimum atomic E-state index is -0.156. The minimum absolute atomic E-state index is 0.105. The fraction of sp³-hybridized carbons (Fsp3) is 0.926. The molecule has 9 atom stereocenters. The van der Waals surface area contributed by atoms with Gasteiger partial charge in [-0.05, 0) is 91.3 Å². The van der Waals surface area contributed by atoms with Gasteiger partial charge in [0.05, 0.1) is 12.2 Å². The molecular weight excluding hydrogens is 356 g/mol. The molecule has 3 saturated carbocycles. The summed E-state index contributed by atoms with van der Waals surface area (Å²) in [6.45, 7) is 12.1. The van der Waals surface area contributed by atoms with Crippen LogP contribution in [-0.4, -0.2) is 22.4 Å². The lowest BCUT2D eigenvalue weighted by molar-refractivity contribution is -0.136. The summed E-state index contributed by atoms with van der Waals surface area (Å²) in [5, 5.41) is 21.8. The number of hydrogen-bond donors (Lipinski definition) is 2. The van der Waals surface area contributed by atoms with E-state index >= 15 is 0 Å². The van der Waals surface area contributed by atoms with Crippen LogP contribution in [0.4, 0.5) is 0 Å². The molecule has 0 heterocycles. The van der Waals surface area contributed by atoms with Gasteiger partial charge in [0, 0.05) is 0 Å². The quantitative estimate of drug-likeness (QED) is 0.525. The van der Waals surface area contributed by atoms with Crippen molar-refractivity contribution in [3.63, 3.8) is 0 Å². The predicted octanol–water partition coefficient (Wildman–Crippen LogP) is 6.36. The van der Waals surface area contributed by atoms with Gasteiger partial charge in [0.25, 0.3) is 0 Å². The summed E-state index contributed by atoms with van der Waals surface area (Å²) < 4.78 is 0. The summed E-state index contributed by atoms with van der Waals surface area (Å²) in [6.07, 6.45) is 13.9. The summed E-state index contributed by atoms with van der Waals surface area (Å²) in [4.78, 5) is 0. The highest BCUT2D eigenvalue weighted by Crippen LogP contribution is 2.67. The lowest BCUT2D eigenvalue weighted by Crippen LogP contribution is -2.56. The lowest BCUT2D eigenvalue weighted by Gasteiger charge is -2.60. The monoisotopic (exact) mass is 402 g/mol. The van der Waals surface area contributed by atoms with Crippen LogP contribution in [0.15, 0.2) is 11.6 Å². The molecule has 3 fully saturated rings. The van der Waals surface area contributed by atoms with E-state index in [0.29, 0.717) is 17.8 Å². The molecule has 4 rings (SSSR count). The molecule has 2 heteroatoms. The summed E-state index contributed by atoms with van der Waals surface area (Å²) in [6, 6.07) is 0. The SMILES string of the molecule is CC(C)CCC[C@@H](C)[C@H]1CC[C@H]2[C@@H]3CC=C4C[C@H](O)CC[C@]4(C)[C@H]3C[C@@H](O)[C@]12C. The second-order valence-corrected chi connectivity index (χ2v) is 12.3. The normalized spacial score (nSPS) is 47.9. The van der Waals surface area contributed by atoms with Crippen LogP contribution in [0.25, 0.3) is 0 Å². The molecule has 166 valence electrons. The van der Waals surface area contributed by atoms with Gasteiger partial charge in [0.2, 0.25) is 0 Å². The van der Waals surface area contributed by atoms with Crippen LogP contribution in [0.3, 0.4) is 0 Å². The van der Waals surface area contributed by atoms with Crippen molar-refractivity contribution in [3.05, 3.63) is 11.6 Å². The van der Waals surface area contributed by atoms with Crippen molar-refractivity contribution in [1.29, 1.82) is 0 Å². The molecule has 0 unspecified atom stereocenters. The Bertz CT molecular complexity index is 624. The minimum Gasteiger partial charge on any atom is -0.393 e. The van der Waals surface area contributed by atoms with Crippen molar-refractivity contribution in [1.82, 2.24) is 0 Å². The number of allylic oxidation sites excluding steroid dienone is 1. The molecule has 0 radical (unpaired) electrons. The number of fused-ring (bicyclic) bond motifs is 5. The van der Waals surface area contributed by atoms with Crippen molar-refractivity contribution < 1.29 is 10.2 Å². The molecule has 0 aromatic heterocycles. The van der Waals surface area contributed by atoms with Crippen molar-refractivity contribution in [2.75, 3.05) is 0 Å². The molecular formula is C27H46O2. The average Bonchev–Trinajstić information content (AvgIpc) is 3.02. The van der Waals surface area contributed by atoms with E-state index in [1.54, 1.807) is 0 Å². The maximum absolute atomic E-state index is 11.6. The predicted molar refractivity (Wildman–Crippen MR) is 120 cm³/mol. The van der Waals surface area contributed by atoms with Crippen LogP contribution in [0.1, 0.15) is 98.8 Å². The number of hydrogen-bond acceptors (Lipinski definition) is 2. The fourth-order valence-corrected chi connectivity index (χ4v) is 8.62. The van der Waals surface area contributed by atoms with E-state index < -0.39 is 0 Å². The lowest BCUT2D eigenvalue weighted by atomic mass is 9.46. The molecule has 0 spiro atoms. The van der Waals surface area contributed by atoms with Crippen molar-refractivity contribution in [2.45, 2.75) is 111 Å². The van der Waals surface area contributed by atoms with Gasteiger partial charge in [0.15, 0.2) is 0 Å². The molecule has 0 amide bonds. The highest BCUT2D eigenvalue weighted by molar-refractivity contribution is 5.26. The van der Waals surface area contributed by atoms with Gasteiger partial charge in [-0.15, -0.1) is 0 Å². The van der Waals surface area contributed by atoms with Gasteiger partial charge in [-0.3, -0.25) is 0 Å². The third kappa shape index (κ3) is 3.55. The van der Waals surface area contributed by atoms with E-state index in [0.717, 1.165) is 43.4 Å². The van der Waals surface area contributed by atoms with Gasteiger partial charge in [0.1, 0.15) is 0 Å². The van der Waals surface area contributed by atoms with Crippen LogP contribution in [0, 0.1) is 46.3 Å². The molecule has 4 aliphatic carbocycles. The van der Waals surface area contributed by atoms with Crippen LogP contribution < -0.4 is 0 Å². The van der Waals surface area contributed by atoms with E-state index in [1.165, 1.54) is 44.1 Å². The zero-order valence-electron chi connectivity index (χ0n) is 19.7. The molecule has 0 bridgehead atoms. The third-order valence-electron chi connectivity index (χ3n) is 10.4. The summed E-state index contributed by atoms with van der Waals surface area (Å²) in [7, 11) is 0. The van der Waals surface area contributed by atoms with E-state index in [1.807, 2.05) is 0 Å². The molecule has 2 nitrogen and oxygen atoms in total. The molecule has 29 heavy (non-hydrogen) atoms. The molecule has 0 aromatic rings. The standard InChI is InChI=1S/C27H46O2/c1-17(2)7-6-8-18(3)22-11-12-23-21-10-9-19-15-20(28)13-14-26(19,4)24(21)16-25(29)27(22,23)5/h9,17-18,20-25,28-29H,6-8,10-16H2,1-5H3/t18-,20-,21+,22-,23+,24+,25-,26+,27-/m1/s1. The maximum atomic E-state index is 11.6. The Hall–Kier alpha value is -0.340. The first-order chi connectivity index (χ1) is 13.7. The van der Waals surface area contributed by atoms with E-state index in [-0.39, 0.29) is 23.0 Å². The second-order valence-electron chi connectivity index (χ2n) is 12.3. The number of aliphatic hydroxyl groups is 2. The van der Waals surface area contributed by atoms with Crippen LogP contribution in [-0.2, 0) is 0 Å². The van der Waals surface area contributed by atoms with Crippen molar-refractivity contribution in [2.24, 2.45) is 46.3 Å². The average molecular weight is 403 g/mol. The van der Waals surface area contributed by atoms with Gasteiger partial charge in [-0.25, -0.2) is 0 Å². The highest BCUT2D eigenvalue weighted by atomic mass is 16.3. The summed E-state index contributed by atoms with van der Waals surface area (Å²) >= 11 is 0. The Labute approximate surface area is 179 Å². The third-order valence-corrected chi connectivity index (χ3v) is 10.4. The van der Waals surface area contributed by atoms with E-state index in [2.05, 4.69) is 40.7 Å². The smallest absolute Gasteiger partial charge is 0.0602 e. The van der Waals surface area contributed by atoms with Gasteiger partial charge < -0.3 is 10.2 Å². The Morgan fingerprint density at radius 1 is 1.03 bits per heavy atom. The van der Waals surface area contributed by atoms with Crippen LogP contribution in [0.5, 0.6) is 0 Å². The second kappa shape index (κ2) is 7.97. The maximum Gasteiger partial charge on any atom is 0.0602 e. The zero-order valence-corrected chi connectivity index (χ0v) is 19.7. The molecule has 0 saturated heterocycles. The largest absolute Gasteiger partial charge is 0.393 e. The number of rotatable bonds is 5. The first-order valence-electron chi connectivity index (χ1n) is 12.7. The molecule has 0 aromatic carbocycles. The first-order valence-corrected chi connectivity index (χ1v) is 12.7. The van der Waals surface area contributed by atoms with Gasteiger partial charge >= 0.3 is 0 Å². The Morgan fingerprint density at radius 3 is 2.52 bits per heavy atom. The van der Waals surface area contributed by atoms with Crippen LogP contribution >= 0.6 is 0 Å².